The normalized spacial score (nSPS) is 19.4. The molecule has 1 amide bonds. The maximum Gasteiger partial charge on any atom is 0.220 e. The molecule has 5 heteroatoms. The lowest BCUT2D eigenvalue weighted by Crippen LogP contribution is -2.40. The number of anilines is 2. The van der Waals surface area contributed by atoms with E-state index in [9.17, 15) is 4.79 Å². The zero-order valence-electron chi connectivity index (χ0n) is 17.5. The lowest BCUT2D eigenvalue weighted by Gasteiger charge is -2.30. The molecule has 0 unspecified atom stereocenters. The van der Waals surface area contributed by atoms with Crippen LogP contribution < -0.4 is 15.5 Å². The van der Waals surface area contributed by atoms with Gasteiger partial charge >= 0.3 is 0 Å². The van der Waals surface area contributed by atoms with Gasteiger partial charge < -0.3 is 15.5 Å². The van der Waals surface area contributed by atoms with Crippen LogP contribution in [0.2, 0.25) is 0 Å². The van der Waals surface area contributed by atoms with Crippen molar-refractivity contribution in [1.29, 1.82) is 0 Å². The van der Waals surface area contributed by atoms with Crippen molar-refractivity contribution in [2.75, 3.05) is 24.3 Å². The maximum atomic E-state index is 12.0. The molecule has 0 atom stereocenters. The number of nitrogens with one attached hydrogen (secondary N) is 2. The fourth-order valence-electron chi connectivity index (χ4n) is 4.03. The maximum absolute atomic E-state index is 12.0. The monoisotopic (exact) mass is 382 g/mol. The van der Waals surface area contributed by atoms with Crippen molar-refractivity contribution < 1.29 is 4.79 Å². The Morgan fingerprint density at radius 3 is 2.54 bits per heavy atom. The van der Waals surface area contributed by atoms with Gasteiger partial charge in [-0.25, -0.2) is 4.98 Å². The molecule has 1 aromatic carbocycles. The first-order chi connectivity index (χ1) is 13.6. The summed E-state index contributed by atoms with van der Waals surface area (Å²) in [4.78, 5) is 19.0. The first-order valence-corrected chi connectivity index (χ1v) is 10.7. The minimum absolute atomic E-state index is 0.219. The minimum atomic E-state index is 0.219. The average Bonchev–Trinajstić information content (AvgIpc) is 2.69. The molecule has 0 saturated heterocycles. The van der Waals surface area contributed by atoms with E-state index in [1.54, 1.807) is 0 Å². The number of fused-ring (bicyclic) bond motifs is 1. The van der Waals surface area contributed by atoms with Gasteiger partial charge in [-0.2, -0.15) is 0 Å². The number of unbranched alkanes of at least 4 members (excludes halogenated alkanes) is 2. The van der Waals surface area contributed by atoms with Crippen LogP contribution in [0.25, 0.3) is 10.9 Å². The molecule has 0 aliphatic heterocycles. The highest BCUT2D eigenvalue weighted by molar-refractivity contribution is 5.93. The van der Waals surface area contributed by atoms with Gasteiger partial charge in [-0.05, 0) is 38.2 Å². The van der Waals surface area contributed by atoms with Crippen molar-refractivity contribution in [3.63, 3.8) is 0 Å². The Balaban J connectivity index is 1.55. The van der Waals surface area contributed by atoms with E-state index in [2.05, 4.69) is 60.8 Å². The lowest BCUT2D eigenvalue weighted by molar-refractivity contribution is -0.122. The molecule has 1 fully saturated rings. The number of hydrogen-bond donors (Lipinski definition) is 2. The Morgan fingerprint density at radius 1 is 1.11 bits per heavy atom. The van der Waals surface area contributed by atoms with Gasteiger partial charge in [-0.1, -0.05) is 38.0 Å². The predicted molar refractivity (Wildman–Crippen MR) is 118 cm³/mol. The fraction of sp³-hybridized carbons (Fsp3) is 0.565. The highest BCUT2D eigenvalue weighted by Gasteiger charge is 2.22. The van der Waals surface area contributed by atoms with Gasteiger partial charge in [0.1, 0.15) is 5.82 Å². The standard InChI is InChI=1S/C23H34N4O/c1-4-5-6-11-23(28)25-18-14-12-17(13-15-18)24-22-16-21(27(2)3)19-9-7-8-10-20(19)26-22/h7-10,16-18H,4-6,11-15H2,1-3H3,(H,24,26)(H,25,28)/t17-,18+. The molecule has 2 aromatic rings. The van der Waals surface area contributed by atoms with Crippen LogP contribution >= 0.6 is 0 Å². The molecule has 1 aliphatic rings. The van der Waals surface area contributed by atoms with Gasteiger partial charge in [0.25, 0.3) is 0 Å². The third kappa shape index (κ3) is 5.37. The molecule has 2 N–H and O–H groups in total. The Bertz CT molecular complexity index is 781. The van der Waals surface area contributed by atoms with E-state index in [-0.39, 0.29) is 5.91 Å². The van der Waals surface area contributed by atoms with Crippen molar-refractivity contribution in [2.45, 2.75) is 70.4 Å². The SMILES string of the molecule is CCCCCC(=O)N[C@H]1CC[C@@H](Nc2cc(N(C)C)c3ccccc3n2)CC1. The van der Waals surface area contributed by atoms with Gasteiger partial charge in [-0.3, -0.25) is 4.79 Å². The summed E-state index contributed by atoms with van der Waals surface area (Å²) in [6, 6.07) is 11.2. The molecule has 1 aromatic heterocycles. The van der Waals surface area contributed by atoms with Crippen LogP contribution in [-0.4, -0.2) is 37.1 Å². The van der Waals surface area contributed by atoms with Crippen molar-refractivity contribution in [1.82, 2.24) is 10.3 Å². The summed E-state index contributed by atoms with van der Waals surface area (Å²) in [6.07, 6.45) is 8.15. The smallest absolute Gasteiger partial charge is 0.220 e. The van der Waals surface area contributed by atoms with Crippen molar-refractivity contribution in [3.8, 4) is 0 Å². The summed E-state index contributed by atoms with van der Waals surface area (Å²) >= 11 is 0. The number of benzene rings is 1. The number of amides is 1. The van der Waals surface area contributed by atoms with Gasteiger partial charge in [-0.15, -0.1) is 0 Å². The van der Waals surface area contributed by atoms with E-state index in [1.807, 2.05) is 6.07 Å². The van der Waals surface area contributed by atoms with Gasteiger partial charge in [0, 0.05) is 49.7 Å². The molecule has 1 saturated carbocycles. The number of hydrogen-bond acceptors (Lipinski definition) is 4. The lowest BCUT2D eigenvalue weighted by atomic mass is 9.91. The van der Waals surface area contributed by atoms with E-state index in [4.69, 9.17) is 4.98 Å². The van der Waals surface area contributed by atoms with E-state index >= 15 is 0 Å². The van der Waals surface area contributed by atoms with Crippen molar-refractivity contribution in [2.24, 2.45) is 0 Å². The van der Waals surface area contributed by atoms with Crippen LogP contribution in [0.5, 0.6) is 0 Å². The van der Waals surface area contributed by atoms with Crippen LogP contribution in [0.3, 0.4) is 0 Å². The summed E-state index contributed by atoms with van der Waals surface area (Å²) < 4.78 is 0. The molecule has 0 bridgehead atoms. The van der Waals surface area contributed by atoms with E-state index in [1.165, 1.54) is 11.1 Å². The highest BCUT2D eigenvalue weighted by Crippen LogP contribution is 2.29. The first kappa shape index (κ1) is 20.4. The summed E-state index contributed by atoms with van der Waals surface area (Å²) in [5.41, 5.74) is 2.20. The number of pyridine rings is 1. The second-order valence-electron chi connectivity index (χ2n) is 8.16. The zero-order chi connectivity index (χ0) is 19.9. The van der Waals surface area contributed by atoms with Crippen LogP contribution in [0.1, 0.15) is 58.3 Å². The van der Waals surface area contributed by atoms with Crippen LogP contribution in [0.15, 0.2) is 30.3 Å². The molecule has 0 radical (unpaired) electrons. The van der Waals surface area contributed by atoms with Gasteiger partial charge in [0.05, 0.1) is 5.52 Å². The molecular formula is C23H34N4O. The number of carbonyl (C=O) groups is 1. The topological polar surface area (TPSA) is 57.3 Å². The number of aromatic nitrogens is 1. The quantitative estimate of drug-likeness (QED) is 0.649. The molecule has 152 valence electrons. The molecule has 1 heterocycles. The Kier molecular flexibility index (Phi) is 7.12. The minimum Gasteiger partial charge on any atom is -0.377 e. The average molecular weight is 383 g/mol. The van der Waals surface area contributed by atoms with Crippen molar-refractivity contribution in [3.05, 3.63) is 30.3 Å². The Morgan fingerprint density at radius 2 is 1.82 bits per heavy atom. The van der Waals surface area contributed by atoms with E-state index < -0.39 is 0 Å². The predicted octanol–water partition coefficient (Wildman–Crippen LogP) is 4.72. The third-order valence-corrected chi connectivity index (χ3v) is 5.63. The second-order valence-corrected chi connectivity index (χ2v) is 8.16. The second kappa shape index (κ2) is 9.76. The summed E-state index contributed by atoms with van der Waals surface area (Å²) in [6.45, 7) is 2.16. The number of nitrogens with zero attached hydrogens (tertiary/aromatic N) is 2. The fourth-order valence-corrected chi connectivity index (χ4v) is 4.03. The molecular weight excluding hydrogens is 348 g/mol. The molecule has 5 nitrogen and oxygen atoms in total. The number of para-hydroxylation sites is 1. The highest BCUT2D eigenvalue weighted by atomic mass is 16.1. The van der Waals surface area contributed by atoms with E-state index in [0.717, 1.165) is 56.3 Å². The van der Waals surface area contributed by atoms with Gasteiger partial charge in [0.15, 0.2) is 0 Å². The summed E-state index contributed by atoms with van der Waals surface area (Å²) in [5.74, 6) is 1.16. The molecule has 0 spiro atoms. The van der Waals surface area contributed by atoms with Crippen molar-refractivity contribution >= 4 is 28.3 Å². The molecule has 1 aliphatic carbocycles. The Hall–Kier alpha value is -2.30. The first-order valence-electron chi connectivity index (χ1n) is 10.7. The van der Waals surface area contributed by atoms with Gasteiger partial charge in [0.2, 0.25) is 5.91 Å². The zero-order valence-corrected chi connectivity index (χ0v) is 17.5. The van der Waals surface area contributed by atoms with E-state index in [0.29, 0.717) is 18.5 Å². The molecule has 3 rings (SSSR count). The molecule has 28 heavy (non-hydrogen) atoms. The Labute approximate surface area is 168 Å². The largest absolute Gasteiger partial charge is 0.377 e. The van der Waals surface area contributed by atoms with Crippen LogP contribution in [-0.2, 0) is 4.79 Å². The van der Waals surface area contributed by atoms with Crippen LogP contribution in [0, 0.1) is 0 Å². The number of carbonyl (C=O) groups excluding carboxylic acids is 1. The summed E-state index contributed by atoms with van der Waals surface area (Å²) in [5, 5.41) is 8.03. The number of rotatable bonds is 8. The summed E-state index contributed by atoms with van der Waals surface area (Å²) in [7, 11) is 4.14. The van der Waals surface area contributed by atoms with Crippen LogP contribution in [0.4, 0.5) is 11.5 Å². The third-order valence-electron chi connectivity index (χ3n) is 5.63.